The van der Waals surface area contributed by atoms with E-state index in [0.717, 1.165) is 25.0 Å². The van der Waals surface area contributed by atoms with E-state index in [2.05, 4.69) is 10.3 Å². The summed E-state index contributed by atoms with van der Waals surface area (Å²) in [4.78, 5) is 18.3. The van der Waals surface area contributed by atoms with Crippen molar-refractivity contribution in [3.8, 4) is 0 Å². The van der Waals surface area contributed by atoms with Crippen molar-refractivity contribution >= 4 is 40.1 Å². The number of rotatable bonds is 6. The third-order valence-electron chi connectivity index (χ3n) is 4.84. The Balaban J connectivity index is 1.55. The van der Waals surface area contributed by atoms with Crippen LogP contribution in [0.1, 0.15) is 12.8 Å². The Morgan fingerprint density at radius 1 is 1.13 bits per heavy atom. The molecule has 4 rings (SSSR count). The number of imidazole rings is 1. The van der Waals surface area contributed by atoms with E-state index in [1.165, 1.54) is 4.57 Å². The van der Waals surface area contributed by atoms with Crippen LogP contribution in [0.4, 0.5) is 28.9 Å². The average molecular weight is 438 g/mol. The largest absolute Gasteiger partial charge is 0.367 e. The van der Waals surface area contributed by atoms with Gasteiger partial charge in [0.2, 0.25) is 5.91 Å². The lowest BCUT2D eigenvalue weighted by Gasteiger charge is -2.20. The SMILES string of the molecule is O=C(Cn1c(SC(F)F)nc2ccccc21)Nc1cc(F)c(N2CCCC2)c(F)c1. The summed E-state index contributed by atoms with van der Waals surface area (Å²) >= 11 is 0.233. The van der Waals surface area contributed by atoms with Crippen molar-refractivity contribution in [2.24, 2.45) is 0 Å². The summed E-state index contributed by atoms with van der Waals surface area (Å²) in [5.74, 6) is -4.82. The van der Waals surface area contributed by atoms with E-state index in [-0.39, 0.29) is 34.8 Å². The Hall–Kier alpha value is -2.75. The second kappa shape index (κ2) is 8.55. The standard InChI is InChI=1S/C20H18F4N4OS/c21-13-9-12(10-14(22)18(13)27-7-3-4-8-27)25-17(29)11-28-16-6-2-1-5-15(16)26-20(28)30-19(23)24/h1-2,5-6,9-10,19H,3-4,7-8,11H2,(H,25,29). The van der Waals surface area contributed by atoms with Crippen LogP contribution in [0.3, 0.4) is 0 Å². The third kappa shape index (κ3) is 4.23. The molecule has 158 valence electrons. The van der Waals surface area contributed by atoms with Crippen LogP contribution in [-0.4, -0.2) is 34.3 Å². The van der Waals surface area contributed by atoms with E-state index in [4.69, 9.17) is 0 Å². The summed E-state index contributed by atoms with van der Waals surface area (Å²) in [6, 6.07) is 8.86. The molecular weight excluding hydrogens is 420 g/mol. The maximum absolute atomic E-state index is 14.5. The number of halogens is 4. The molecule has 5 nitrogen and oxygen atoms in total. The summed E-state index contributed by atoms with van der Waals surface area (Å²) in [6.07, 6.45) is 1.74. The van der Waals surface area contributed by atoms with Gasteiger partial charge in [0.15, 0.2) is 16.8 Å². The van der Waals surface area contributed by atoms with Gasteiger partial charge < -0.3 is 14.8 Å². The normalized spacial score (nSPS) is 14.1. The summed E-state index contributed by atoms with van der Waals surface area (Å²) in [5, 5.41) is 2.43. The molecular formula is C20H18F4N4OS. The number of amides is 1. The topological polar surface area (TPSA) is 50.2 Å². The van der Waals surface area contributed by atoms with Gasteiger partial charge in [-0.15, -0.1) is 0 Å². The Morgan fingerprint density at radius 2 is 1.80 bits per heavy atom. The van der Waals surface area contributed by atoms with Crippen LogP contribution in [0.15, 0.2) is 41.6 Å². The predicted molar refractivity (Wildman–Crippen MR) is 108 cm³/mol. The number of nitrogens with one attached hydrogen (secondary N) is 1. The fourth-order valence-electron chi connectivity index (χ4n) is 3.60. The molecule has 0 radical (unpaired) electrons. The van der Waals surface area contributed by atoms with Crippen LogP contribution in [-0.2, 0) is 11.3 Å². The smallest absolute Gasteiger partial charge is 0.291 e. The Bertz CT molecular complexity index is 1060. The molecule has 1 aromatic heterocycles. The van der Waals surface area contributed by atoms with E-state index < -0.39 is 23.3 Å². The minimum absolute atomic E-state index is 0.0110. The van der Waals surface area contributed by atoms with Gasteiger partial charge in [0, 0.05) is 18.8 Å². The first kappa shape index (κ1) is 20.5. The third-order valence-corrected chi connectivity index (χ3v) is 5.54. The molecule has 0 spiro atoms. The van der Waals surface area contributed by atoms with Crippen molar-refractivity contribution in [1.29, 1.82) is 0 Å². The van der Waals surface area contributed by atoms with Crippen molar-refractivity contribution < 1.29 is 22.4 Å². The molecule has 2 aromatic carbocycles. The summed E-state index contributed by atoms with van der Waals surface area (Å²) in [7, 11) is 0. The molecule has 3 aromatic rings. The number of aromatic nitrogens is 2. The number of hydrogen-bond donors (Lipinski definition) is 1. The highest BCUT2D eigenvalue weighted by Crippen LogP contribution is 2.31. The van der Waals surface area contributed by atoms with Crippen molar-refractivity contribution in [1.82, 2.24) is 9.55 Å². The summed E-state index contributed by atoms with van der Waals surface area (Å²) < 4.78 is 56.1. The highest BCUT2D eigenvalue weighted by atomic mass is 32.2. The van der Waals surface area contributed by atoms with Gasteiger partial charge in [0.05, 0.1) is 11.0 Å². The lowest BCUT2D eigenvalue weighted by Crippen LogP contribution is -2.22. The first-order valence-electron chi connectivity index (χ1n) is 9.36. The first-order chi connectivity index (χ1) is 14.4. The van der Waals surface area contributed by atoms with Crippen LogP contribution in [0.25, 0.3) is 11.0 Å². The minimum atomic E-state index is -2.70. The zero-order valence-electron chi connectivity index (χ0n) is 15.7. The Kier molecular flexibility index (Phi) is 5.85. The first-order valence-corrected chi connectivity index (χ1v) is 10.2. The molecule has 1 fully saturated rings. The molecule has 10 heteroatoms. The fourth-order valence-corrected chi connectivity index (χ4v) is 4.20. The van der Waals surface area contributed by atoms with E-state index in [0.29, 0.717) is 24.1 Å². The molecule has 0 aliphatic carbocycles. The van der Waals surface area contributed by atoms with Crippen molar-refractivity contribution in [2.45, 2.75) is 30.3 Å². The predicted octanol–water partition coefficient (Wildman–Crippen LogP) is 4.87. The van der Waals surface area contributed by atoms with Gasteiger partial charge >= 0.3 is 0 Å². The number of benzene rings is 2. The van der Waals surface area contributed by atoms with Gasteiger partial charge in [-0.2, -0.15) is 8.78 Å². The van der Waals surface area contributed by atoms with E-state index in [1.807, 2.05) is 0 Å². The van der Waals surface area contributed by atoms with Gasteiger partial charge in [-0.3, -0.25) is 4.79 Å². The molecule has 1 N–H and O–H groups in total. The van der Waals surface area contributed by atoms with Crippen LogP contribution in [0.2, 0.25) is 0 Å². The van der Waals surface area contributed by atoms with Crippen molar-refractivity contribution in [3.63, 3.8) is 0 Å². The zero-order valence-corrected chi connectivity index (χ0v) is 16.6. The quantitative estimate of drug-likeness (QED) is 0.441. The van der Waals surface area contributed by atoms with E-state index in [1.54, 1.807) is 29.2 Å². The molecule has 0 unspecified atom stereocenters. The summed E-state index contributed by atoms with van der Waals surface area (Å²) in [5.41, 5.74) is 0.852. The molecule has 2 heterocycles. The molecule has 0 atom stereocenters. The zero-order chi connectivity index (χ0) is 21.3. The van der Waals surface area contributed by atoms with E-state index >= 15 is 0 Å². The molecule has 1 aliphatic heterocycles. The van der Waals surface area contributed by atoms with Gasteiger partial charge in [0.25, 0.3) is 5.76 Å². The van der Waals surface area contributed by atoms with Crippen LogP contribution < -0.4 is 10.2 Å². The Morgan fingerprint density at radius 3 is 2.47 bits per heavy atom. The average Bonchev–Trinajstić information content (AvgIpc) is 3.30. The molecule has 0 bridgehead atoms. The molecule has 0 saturated carbocycles. The number of thioether (sulfide) groups is 1. The molecule has 1 aliphatic rings. The number of carbonyl (C=O) groups excluding carboxylic acids is 1. The second-order valence-corrected chi connectivity index (χ2v) is 7.84. The number of hydrogen-bond acceptors (Lipinski definition) is 4. The van der Waals surface area contributed by atoms with Crippen molar-refractivity contribution in [2.75, 3.05) is 23.3 Å². The maximum Gasteiger partial charge on any atom is 0.291 e. The number of alkyl halides is 2. The van der Waals surface area contributed by atoms with Gasteiger partial charge in [-0.05, 0) is 48.9 Å². The van der Waals surface area contributed by atoms with Crippen LogP contribution in [0.5, 0.6) is 0 Å². The number of carbonyl (C=O) groups is 1. The second-order valence-electron chi connectivity index (χ2n) is 6.88. The lowest BCUT2D eigenvalue weighted by atomic mass is 10.2. The van der Waals surface area contributed by atoms with Crippen molar-refractivity contribution in [3.05, 3.63) is 48.0 Å². The minimum Gasteiger partial charge on any atom is -0.367 e. The Labute approximate surface area is 174 Å². The van der Waals surface area contributed by atoms with Gasteiger partial charge in [0.1, 0.15) is 12.2 Å². The van der Waals surface area contributed by atoms with Gasteiger partial charge in [-0.25, -0.2) is 13.8 Å². The highest BCUT2D eigenvalue weighted by Gasteiger charge is 2.22. The van der Waals surface area contributed by atoms with Gasteiger partial charge in [-0.1, -0.05) is 12.1 Å². The number of nitrogens with zero attached hydrogens (tertiary/aromatic N) is 3. The van der Waals surface area contributed by atoms with E-state index in [9.17, 15) is 22.4 Å². The number of fused-ring (bicyclic) bond motifs is 1. The maximum atomic E-state index is 14.5. The number of anilines is 2. The summed E-state index contributed by atoms with van der Waals surface area (Å²) in [6.45, 7) is 0.836. The molecule has 1 amide bonds. The van der Waals surface area contributed by atoms with Crippen LogP contribution >= 0.6 is 11.8 Å². The fraction of sp³-hybridized carbons (Fsp3) is 0.300. The van der Waals surface area contributed by atoms with Crippen LogP contribution in [0, 0.1) is 11.6 Å². The monoisotopic (exact) mass is 438 g/mol. The molecule has 1 saturated heterocycles. The highest BCUT2D eigenvalue weighted by molar-refractivity contribution is 7.99. The number of para-hydroxylation sites is 2. The lowest BCUT2D eigenvalue weighted by molar-refractivity contribution is -0.116. The molecule has 30 heavy (non-hydrogen) atoms.